The van der Waals surface area contributed by atoms with Crippen LogP contribution in [0, 0.1) is 0 Å². The third-order valence-corrected chi connectivity index (χ3v) is 18.7. The molecular weight excluding hydrogens is 1060 g/mol. The molecule has 0 N–H and O–H groups in total. The highest BCUT2D eigenvalue weighted by Gasteiger charge is 2.26. The summed E-state index contributed by atoms with van der Waals surface area (Å²) in [4.78, 5) is 0. The van der Waals surface area contributed by atoms with E-state index in [1.165, 1.54) is 10.8 Å². The van der Waals surface area contributed by atoms with Crippen molar-refractivity contribution in [2.45, 2.75) is 0 Å². The Morgan fingerprint density at radius 3 is 1.17 bits per heavy atom. The van der Waals surface area contributed by atoms with Gasteiger partial charge in [-0.25, -0.2) is 0 Å². The van der Waals surface area contributed by atoms with E-state index in [9.17, 15) is 0 Å². The fraction of sp³-hybridized carbons (Fsp3) is 0. The van der Waals surface area contributed by atoms with E-state index in [0.29, 0.717) is 0 Å². The van der Waals surface area contributed by atoms with E-state index in [4.69, 9.17) is 17.7 Å². The van der Waals surface area contributed by atoms with Gasteiger partial charge in [-0.05, 0) is 146 Å². The van der Waals surface area contributed by atoms with Crippen molar-refractivity contribution in [2.24, 2.45) is 0 Å². The summed E-state index contributed by atoms with van der Waals surface area (Å²) < 4.78 is 37.1. The van der Waals surface area contributed by atoms with Gasteiger partial charge in [0.25, 0.3) is 0 Å². The molecule has 0 bridgehead atoms. The molecule has 0 radical (unpaired) electrons. The number of benzene rings is 13. The van der Waals surface area contributed by atoms with E-state index in [1.54, 1.807) is 0 Å². The molecule has 21 aromatic rings. The Balaban J connectivity index is 0.830. The Morgan fingerprint density at radius 1 is 0.186 bits per heavy atom. The maximum atomic E-state index is 7.28. The molecule has 0 saturated carbocycles. The smallest absolute Gasteiger partial charge is 0.145 e. The second kappa shape index (κ2) is 16.1. The average molecular weight is 1100 g/mol. The van der Waals surface area contributed by atoms with E-state index >= 15 is 0 Å². The molecule has 0 aliphatic rings. The number of para-hydroxylation sites is 6. The zero-order valence-electron chi connectivity index (χ0n) is 45.7. The molecule has 8 heterocycles. The molecule has 21 rings (SSSR count). The molecule has 398 valence electrons. The number of furan rings is 4. The van der Waals surface area contributed by atoms with Gasteiger partial charge in [0.2, 0.25) is 0 Å². The molecule has 0 aliphatic carbocycles. The lowest BCUT2D eigenvalue weighted by molar-refractivity contribution is 0.669. The Morgan fingerprint density at radius 2 is 0.570 bits per heavy atom. The van der Waals surface area contributed by atoms with Crippen molar-refractivity contribution in [3.63, 3.8) is 0 Å². The Kier molecular flexibility index (Phi) is 8.38. The van der Waals surface area contributed by atoms with Crippen molar-refractivity contribution in [3.05, 3.63) is 255 Å². The van der Waals surface area contributed by atoms with Gasteiger partial charge in [-0.15, -0.1) is 0 Å². The summed E-state index contributed by atoms with van der Waals surface area (Å²) in [5.41, 5.74) is 19.8. The van der Waals surface area contributed by atoms with Crippen molar-refractivity contribution in [3.8, 4) is 22.7 Å². The van der Waals surface area contributed by atoms with Gasteiger partial charge >= 0.3 is 0 Å². The first-order valence-corrected chi connectivity index (χ1v) is 29.2. The summed E-state index contributed by atoms with van der Waals surface area (Å²) >= 11 is 0. The summed E-state index contributed by atoms with van der Waals surface area (Å²) in [6.07, 6.45) is 0. The predicted molar refractivity (Wildman–Crippen MR) is 353 cm³/mol. The Bertz CT molecular complexity index is 6590. The second-order valence-corrected chi connectivity index (χ2v) is 23.0. The molecule has 8 heteroatoms. The summed E-state index contributed by atoms with van der Waals surface area (Å²) in [5.74, 6) is 0. The Labute approximate surface area is 485 Å². The lowest BCUT2D eigenvalue weighted by Gasteiger charge is -2.11. The van der Waals surface area contributed by atoms with E-state index in [0.717, 1.165) is 187 Å². The van der Waals surface area contributed by atoms with E-state index < -0.39 is 0 Å². The highest BCUT2D eigenvalue weighted by Crippen LogP contribution is 2.48. The molecule has 13 aromatic carbocycles. The fourth-order valence-electron chi connectivity index (χ4n) is 15.2. The van der Waals surface area contributed by atoms with Crippen LogP contribution in [0.25, 0.3) is 198 Å². The van der Waals surface area contributed by atoms with Crippen molar-refractivity contribution in [1.29, 1.82) is 0 Å². The first-order chi connectivity index (χ1) is 42.7. The van der Waals surface area contributed by atoms with Crippen LogP contribution in [-0.2, 0) is 0 Å². The van der Waals surface area contributed by atoms with E-state index in [2.05, 4.69) is 261 Å². The number of hydrogen-bond donors (Lipinski definition) is 0. The van der Waals surface area contributed by atoms with Crippen molar-refractivity contribution in [1.82, 2.24) is 18.3 Å². The monoisotopic (exact) mass is 1100 g/mol. The van der Waals surface area contributed by atoms with Crippen LogP contribution in [0.5, 0.6) is 0 Å². The van der Waals surface area contributed by atoms with Gasteiger partial charge in [0.05, 0.1) is 65.7 Å². The first kappa shape index (κ1) is 44.9. The van der Waals surface area contributed by atoms with Gasteiger partial charge in [-0.3, -0.25) is 0 Å². The third-order valence-electron chi connectivity index (χ3n) is 18.7. The zero-order valence-corrected chi connectivity index (χ0v) is 45.7. The number of fused-ring (bicyclic) bond motifs is 28. The molecule has 0 spiro atoms. The topological polar surface area (TPSA) is 72.3 Å². The predicted octanol–water partition coefficient (Wildman–Crippen LogP) is 21.7. The van der Waals surface area contributed by atoms with Crippen LogP contribution in [0.15, 0.2) is 272 Å². The van der Waals surface area contributed by atoms with Crippen LogP contribution in [0.4, 0.5) is 0 Å². The minimum absolute atomic E-state index is 0.816. The van der Waals surface area contributed by atoms with Crippen LogP contribution in [-0.4, -0.2) is 18.3 Å². The summed E-state index contributed by atoms with van der Waals surface area (Å²) in [5, 5.41) is 17.6. The molecular formula is C78H42N4O4. The van der Waals surface area contributed by atoms with Gasteiger partial charge in [0, 0.05) is 87.4 Å². The number of nitrogens with zero attached hydrogens (tertiary/aromatic N) is 4. The standard InChI is InChI=1S/C78H42N4O4/c1-2-14-43(15-3-1)79-60-22-10-5-18-53(60)71-63(79)35-30-51-56-41-45(28-38-68(56)85-77(51)71)81-62-33-26-46(82-59-21-9-4-16-47(59)49-32-39-70-74(75(49)82)55-20-8-13-25-67(55)83-70)42-58(62)73-65(81)36-31-52-57-40-44(27-37-69(57)86-78(52)73)80-61-23-11-6-19-54(61)72-64(80)34-29-50-48-17-7-12-24-66(48)84-76(50)72/h1-42H. The molecule has 0 amide bonds. The van der Waals surface area contributed by atoms with Gasteiger partial charge < -0.3 is 35.9 Å². The Hall–Kier alpha value is -11.7. The van der Waals surface area contributed by atoms with Gasteiger partial charge in [0.15, 0.2) is 0 Å². The highest BCUT2D eigenvalue weighted by molar-refractivity contribution is 6.29. The second-order valence-electron chi connectivity index (χ2n) is 23.0. The minimum Gasteiger partial charge on any atom is -0.456 e. The number of hydrogen-bond acceptors (Lipinski definition) is 4. The van der Waals surface area contributed by atoms with E-state index in [1.807, 2.05) is 12.1 Å². The largest absolute Gasteiger partial charge is 0.456 e. The van der Waals surface area contributed by atoms with Crippen LogP contribution in [0.3, 0.4) is 0 Å². The summed E-state index contributed by atoms with van der Waals surface area (Å²) in [6, 6.07) is 91.5. The molecule has 8 nitrogen and oxygen atoms in total. The van der Waals surface area contributed by atoms with Gasteiger partial charge in [-0.1, -0.05) is 109 Å². The number of aromatic nitrogens is 4. The van der Waals surface area contributed by atoms with Crippen molar-refractivity contribution < 1.29 is 17.7 Å². The SMILES string of the molecule is c1ccc(-n2c3ccccc3c3c4oc5ccc(-n6c7ccc(-n8c9ccccc9c9ccc%10oc%11ccccc%11c%10c98)cc7c7c8oc9ccc(-n%10c%11ccccc%11c%11c%12oc%13ccccc%13c%12ccc%11%10)cc9c8ccc76)cc5c4ccc32)cc1. The lowest BCUT2D eigenvalue weighted by atomic mass is 10.1. The van der Waals surface area contributed by atoms with Crippen LogP contribution < -0.4 is 0 Å². The first-order valence-electron chi connectivity index (χ1n) is 29.2. The quantitative estimate of drug-likeness (QED) is 0.176. The molecule has 8 aromatic heterocycles. The maximum Gasteiger partial charge on any atom is 0.145 e. The van der Waals surface area contributed by atoms with Crippen molar-refractivity contribution >= 4 is 175 Å². The third kappa shape index (κ3) is 5.68. The van der Waals surface area contributed by atoms with Crippen molar-refractivity contribution in [2.75, 3.05) is 0 Å². The lowest BCUT2D eigenvalue weighted by Crippen LogP contribution is -1.96. The van der Waals surface area contributed by atoms with E-state index in [-0.39, 0.29) is 0 Å². The van der Waals surface area contributed by atoms with Gasteiger partial charge in [0.1, 0.15) is 44.7 Å². The van der Waals surface area contributed by atoms with Crippen LogP contribution in [0.2, 0.25) is 0 Å². The van der Waals surface area contributed by atoms with Crippen LogP contribution in [0.1, 0.15) is 0 Å². The maximum absolute atomic E-state index is 7.28. The molecule has 0 atom stereocenters. The molecule has 0 unspecified atom stereocenters. The fourth-order valence-corrected chi connectivity index (χ4v) is 15.2. The van der Waals surface area contributed by atoms with Gasteiger partial charge in [-0.2, -0.15) is 0 Å². The summed E-state index contributed by atoms with van der Waals surface area (Å²) in [6.45, 7) is 0. The zero-order chi connectivity index (χ0) is 55.6. The molecule has 0 aliphatic heterocycles. The normalized spacial score (nSPS) is 12.7. The molecule has 0 saturated heterocycles. The number of rotatable bonds is 4. The van der Waals surface area contributed by atoms with Crippen LogP contribution >= 0.6 is 0 Å². The minimum atomic E-state index is 0.816. The highest BCUT2D eigenvalue weighted by atomic mass is 16.3. The molecule has 0 fully saturated rings. The molecule has 86 heavy (non-hydrogen) atoms. The average Bonchev–Trinajstić information content (AvgIpc) is 2.55. The summed E-state index contributed by atoms with van der Waals surface area (Å²) in [7, 11) is 0.